The van der Waals surface area contributed by atoms with Gasteiger partial charge in [-0.2, -0.15) is 0 Å². The molecule has 0 spiro atoms. The molecule has 3 nitrogen and oxygen atoms in total. The molecule has 3 unspecified atom stereocenters. The Hall–Kier alpha value is -0.120. The fourth-order valence-corrected chi connectivity index (χ4v) is 2.68. The van der Waals surface area contributed by atoms with Crippen LogP contribution in [0.3, 0.4) is 0 Å². The van der Waals surface area contributed by atoms with Gasteiger partial charge >= 0.3 is 0 Å². The standard InChI is InChI=1S/C14H30N2O/c1-5-16-8-6-7-14(10-16)13(3)15-9-12(2)11-17-4/h12-15H,5-11H2,1-4H3. The van der Waals surface area contributed by atoms with Crippen LogP contribution < -0.4 is 5.32 Å². The van der Waals surface area contributed by atoms with Gasteiger partial charge in [-0.1, -0.05) is 13.8 Å². The summed E-state index contributed by atoms with van der Waals surface area (Å²) < 4.78 is 5.17. The zero-order valence-electron chi connectivity index (χ0n) is 12.0. The minimum absolute atomic E-state index is 0.605. The van der Waals surface area contributed by atoms with Crippen molar-refractivity contribution in [3.63, 3.8) is 0 Å². The zero-order valence-corrected chi connectivity index (χ0v) is 12.0. The van der Waals surface area contributed by atoms with E-state index in [-0.39, 0.29) is 0 Å². The topological polar surface area (TPSA) is 24.5 Å². The van der Waals surface area contributed by atoms with Gasteiger partial charge in [-0.05, 0) is 44.7 Å². The molecule has 1 fully saturated rings. The molecule has 0 aromatic heterocycles. The van der Waals surface area contributed by atoms with Crippen LogP contribution in [0.5, 0.6) is 0 Å². The highest BCUT2D eigenvalue weighted by atomic mass is 16.5. The molecule has 1 heterocycles. The van der Waals surface area contributed by atoms with Gasteiger partial charge < -0.3 is 15.0 Å². The number of likely N-dealkylation sites (tertiary alicyclic amines) is 1. The van der Waals surface area contributed by atoms with Crippen molar-refractivity contribution in [2.24, 2.45) is 11.8 Å². The van der Waals surface area contributed by atoms with Crippen molar-refractivity contribution in [2.45, 2.75) is 39.7 Å². The number of nitrogens with zero attached hydrogens (tertiary/aromatic N) is 1. The second kappa shape index (κ2) is 8.06. The van der Waals surface area contributed by atoms with E-state index in [9.17, 15) is 0 Å². The molecule has 3 heteroatoms. The zero-order chi connectivity index (χ0) is 12.7. The van der Waals surface area contributed by atoms with Crippen LogP contribution in [-0.4, -0.2) is 50.8 Å². The lowest BCUT2D eigenvalue weighted by Crippen LogP contribution is -2.45. The van der Waals surface area contributed by atoms with E-state index in [4.69, 9.17) is 4.74 Å². The minimum Gasteiger partial charge on any atom is -0.384 e. The molecule has 0 aromatic carbocycles. The van der Waals surface area contributed by atoms with Gasteiger partial charge in [-0.25, -0.2) is 0 Å². The average Bonchev–Trinajstić information content (AvgIpc) is 2.36. The third-order valence-electron chi connectivity index (χ3n) is 3.94. The van der Waals surface area contributed by atoms with Crippen LogP contribution >= 0.6 is 0 Å². The van der Waals surface area contributed by atoms with Crippen molar-refractivity contribution in [2.75, 3.05) is 39.9 Å². The second-order valence-electron chi connectivity index (χ2n) is 5.55. The quantitative estimate of drug-likeness (QED) is 0.739. The predicted octanol–water partition coefficient (Wildman–Crippen LogP) is 1.98. The molecule has 17 heavy (non-hydrogen) atoms. The number of rotatable bonds is 7. The monoisotopic (exact) mass is 242 g/mol. The molecule has 1 N–H and O–H groups in total. The van der Waals surface area contributed by atoms with Crippen molar-refractivity contribution in [3.8, 4) is 0 Å². The van der Waals surface area contributed by atoms with Crippen LogP contribution in [-0.2, 0) is 4.74 Å². The molecular weight excluding hydrogens is 212 g/mol. The molecule has 1 rings (SSSR count). The normalized spacial score (nSPS) is 25.8. The Bertz CT molecular complexity index is 199. The fourth-order valence-electron chi connectivity index (χ4n) is 2.68. The minimum atomic E-state index is 0.605. The largest absolute Gasteiger partial charge is 0.384 e. The summed E-state index contributed by atoms with van der Waals surface area (Å²) in [5, 5.41) is 3.67. The van der Waals surface area contributed by atoms with Crippen LogP contribution in [0.2, 0.25) is 0 Å². The highest BCUT2D eigenvalue weighted by Crippen LogP contribution is 2.19. The Balaban J connectivity index is 2.24. The van der Waals surface area contributed by atoms with Crippen LogP contribution in [0.1, 0.15) is 33.6 Å². The van der Waals surface area contributed by atoms with Gasteiger partial charge in [0.25, 0.3) is 0 Å². The third-order valence-corrected chi connectivity index (χ3v) is 3.94. The summed E-state index contributed by atoms with van der Waals surface area (Å²) in [6.45, 7) is 12.5. The molecule has 1 aliphatic heterocycles. The van der Waals surface area contributed by atoms with Crippen molar-refractivity contribution >= 4 is 0 Å². The summed E-state index contributed by atoms with van der Waals surface area (Å²) in [6, 6.07) is 0.628. The van der Waals surface area contributed by atoms with Crippen LogP contribution in [0.25, 0.3) is 0 Å². The van der Waals surface area contributed by atoms with E-state index in [1.807, 2.05) is 0 Å². The first-order valence-corrected chi connectivity index (χ1v) is 7.12. The Kier molecular flexibility index (Phi) is 7.09. The maximum atomic E-state index is 5.17. The van der Waals surface area contributed by atoms with Gasteiger partial charge in [0.15, 0.2) is 0 Å². The molecule has 0 radical (unpaired) electrons. The molecule has 0 saturated carbocycles. The molecule has 1 saturated heterocycles. The van der Waals surface area contributed by atoms with Crippen LogP contribution in [0.15, 0.2) is 0 Å². The number of piperidine rings is 1. The third kappa shape index (κ3) is 5.36. The molecule has 3 atom stereocenters. The summed E-state index contributed by atoms with van der Waals surface area (Å²) in [4.78, 5) is 2.57. The van der Waals surface area contributed by atoms with E-state index >= 15 is 0 Å². The number of methoxy groups -OCH3 is 1. The lowest BCUT2D eigenvalue weighted by molar-refractivity contribution is 0.139. The van der Waals surface area contributed by atoms with Crippen molar-refractivity contribution in [1.82, 2.24) is 10.2 Å². The number of ether oxygens (including phenoxy) is 1. The smallest absolute Gasteiger partial charge is 0.0499 e. The molecule has 0 aliphatic carbocycles. The first kappa shape index (κ1) is 14.9. The fraction of sp³-hybridized carbons (Fsp3) is 1.00. The number of nitrogens with one attached hydrogen (secondary N) is 1. The molecule has 1 aliphatic rings. The van der Waals surface area contributed by atoms with Crippen molar-refractivity contribution in [1.29, 1.82) is 0 Å². The Morgan fingerprint density at radius 1 is 1.41 bits per heavy atom. The lowest BCUT2D eigenvalue weighted by atomic mass is 9.91. The first-order chi connectivity index (χ1) is 8.17. The van der Waals surface area contributed by atoms with Gasteiger partial charge in [0.1, 0.15) is 0 Å². The highest BCUT2D eigenvalue weighted by Gasteiger charge is 2.23. The Morgan fingerprint density at radius 2 is 2.18 bits per heavy atom. The van der Waals surface area contributed by atoms with Crippen LogP contribution in [0, 0.1) is 11.8 Å². The van der Waals surface area contributed by atoms with Gasteiger partial charge in [-0.15, -0.1) is 0 Å². The molecule has 0 amide bonds. The van der Waals surface area contributed by atoms with Crippen molar-refractivity contribution < 1.29 is 4.74 Å². The number of hydrogen-bond acceptors (Lipinski definition) is 3. The van der Waals surface area contributed by atoms with Crippen molar-refractivity contribution in [3.05, 3.63) is 0 Å². The maximum Gasteiger partial charge on any atom is 0.0499 e. The first-order valence-electron chi connectivity index (χ1n) is 7.12. The Morgan fingerprint density at radius 3 is 2.82 bits per heavy atom. The van der Waals surface area contributed by atoms with E-state index in [1.54, 1.807) is 7.11 Å². The SMILES string of the molecule is CCN1CCCC(C(C)NCC(C)COC)C1. The molecule has 0 bridgehead atoms. The van der Waals surface area contributed by atoms with Gasteiger partial charge in [0.05, 0.1) is 0 Å². The van der Waals surface area contributed by atoms with E-state index in [0.29, 0.717) is 12.0 Å². The number of hydrogen-bond donors (Lipinski definition) is 1. The van der Waals surface area contributed by atoms with Gasteiger partial charge in [-0.3, -0.25) is 0 Å². The maximum absolute atomic E-state index is 5.17. The second-order valence-corrected chi connectivity index (χ2v) is 5.55. The highest BCUT2D eigenvalue weighted by molar-refractivity contribution is 4.80. The van der Waals surface area contributed by atoms with E-state index in [1.165, 1.54) is 32.5 Å². The van der Waals surface area contributed by atoms with Crippen LogP contribution in [0.4, 0.5) is 0 Å². The summed E-state index contributed by atoms with van der Waals surface area (Å²) >= 11 is 0. The predicted molar refractivity (Wildman–Crippen MR) is 73.3 cm³/mol. The summed E-state index contributed by atoms with van der Waals surface area (Å²) in [5.74, 6) is 1.42. The van der Waals surface area contributed by atoms with Gasteiger partial charge in [0, 0.05) is 32.8 Å². The van der Waals surface area contributed by atoms with Gasteiger partial charge in [0.2, 0.25) is 0 Å². The summed E-state index contributed by atoms with van der Waals surface area (Å²) in [6.07, 6.45) is 2.74. The summed E-state index contributed by atoms with van der Waals surface area (Å²) in [7, 11) is 1.78. The average molecular weight is 242 g/mol. The molecule has 102 valence electrons. The Labute approximate surface area is 107 Å². The lowest BCUT2D eigenvalue weighted by Gasteiger charge is -2.35. The van der Waals surface area contributed by atoms with E-state index < -0.39 is 0 Å². The molecular formula is C14H30N2O. The van der Waals surface area contributed by atoms with E-state index in [0.717, 1.165) is 19.1 Å². The summed E-state index contributed by atoms with van der Waals surface area (Å²) in [5.41, 5.74) is 0. The molecule has 0 aromatic rings. The van der Waals surface area contributed by atoms with E-state index in [2.05, 4.69) is 31.0 Å².